The fourth-order valence-corrected chi connectivity index (χ4v) is 3.35. The zero-order valence-corrected chi connectivity index (χ0v) is 11.6. The Labute approximate surface area is 119 Å². The Morgan fingerprint density at radius 2 is 2.10 bits per heavy atom. The van der Waals surface area contributed by atoms with Crippen molar-refractivity contribution < 1.29 is 9.90 Å². The van der Waals surface area contributed by atoms with Gasteiger partial charge in [0.1, 0.15) is 0 Å². The number of hydrogen-bond donors (Lipinski definition) is 2. The first-order valence-corrected chi connectivity index (χ1v) is 7.27. The van der Waals surface area contributed by atoms with Crippen molar-refractivity contribution >= 4 is 17.3 Å². The van der Waals surface area contributed by atoms with Crippen LogP contribution in [0.2, 0.25) is 0 Å². The van der Waals surface area contributed by atoms with Gasteiger partial charge in [0.15, 0.2) is 0 Å². The van der Waals surface area contributed by atoms with Crippen LogP contribution in [0, 0.1) is 0 Å². The van der Waals surface area contributed by atoms with Gasteiger partial charge in [0.25, 0.3) is 0 Å². The first-order chi connectivity index (χ1) is 9.65. The number of fused-ring (bicyclic) bond motifs is 1. The van der Waals surface area contributed by atoms with Gasteiger partial charge in [-0.1, -0.05) is 6.42 Å². The zero-order chi connectivity index (χ0) is 14.1. The molecule has 0 bridgehead atoms. The first-order valence-electron chi connectivity index (χ1n) is 7.27. The maximum absolute atomic E-state index is 11.0. The monoisotopic (exact) mass is 275 g/mol. The molecule has 0 spiro atoms. The maximum atomic E-state index is 11.0. The van der Waals surface area contributed by atoms with E-state index in [1.165, 1.54) is 25.8 Å². The molecule has 5 nitrogen and oxygen atoms in total. The maximum Gasteiger partial charge on any atom is 0.335 e. The van der Waals surface area contributed by atoms with E-state index in [1.807, 2.05) is 6.07 Å². The first kappa shape index (κ1) is 13.2. The van der Waals surface area contributed by atoms with Crippen LogP contribution in [-0.4, -0.2) is 48.2 Å². The summed E-state index contributed by atoms with van der Waals surface area (Å²) in [4.78, 5) is 15.8. The summed E-state index contributed by atoms with van der Waals surface area (Å²) >= 11 is 0. The summed E-state index contributed by atoms with van der Waals surface area (Å²) in [5.74, 6) is -0.930. The highest BCUT2D eigenvalue weighted by molar-refractivity contribution is 5.90. The molecule has 1 aromatic carbocycles. The highest BCUT2D eigenvalue weighted by Crippen LogP contribution is 2.29. The fourth-order valence-electron chi connectivity index (χ4n) is 3.35. The number of aromatic carboxylic acids is 1. The third kappa shape index (κ3) is 2.45. The van der Waals surface area contributed by atoms with Crippen LogP contribution in [0.1, 0.15) is 29.6 Å². The molecular formula is C15H21N3O2. The number of rotatable bonds is 2. The van der Waals surface area contributed by atoms with E-state index in [0.717, 1.165) is 25.3 Å². The molecule has 3 N–H and O–H groups in total. The topological polar surface area (TPSA) is 69.8 Å². The van der Waals surface area contributed by atoms with Crippen LogP contribution in [-0.2, 0) is 0 Å². The van der Waals surface area contributed by atoms with Crippen molar-refractivity contribution in [2.45, 2.75) is 25.3 Å². The quantitative estimate of drug-likeness (QED) is 0.803. The Kier molecular flexibility index (Phi) is 3.53. The summed E-state index contributed by atoms with van der Waals surface area (Å²) in [6.45, 7) is 4.25. The van der Waals surface area contributed by atoms with E-state index in [-0.39, 0.29) is 5.56 Å². The molecule has 2 aliphatic rings. The lowest BCUT2D eigenvalue weighted by molar-refractivity contribution is 0.0697. The SMILES string of the molecule is Nc1cc(C(=O)O)ccc1N1CCN2CCCCC2C1. The number of nitrogen functional groups attached to an aromatic ring is 1. The smallest absolute Gasteiger partial charge is 0.335 e. The van der Waals surface area contributed by atoms with E-state index >= 15 is 0 Å². The van der Waals surface area contributed by atoms with Crippen molar-refractivity contribution in [1.82, 2.24) is 4.90 Å². The van der Waals surface area contributed by atoms with Gasteiger partial charge in [-0.25, -0.2) is 4.79 Å². The van der Waals surface area contributed by atoms with E-state index in [2.05, 4.69) is 9.80 Å². The third-order valence-electron chi connectivity index (χ3n) is 4.45. The summed E-state index contributed by atoms with van der Waals surface area (Å²) in [6.07, 6.45) is 3.87. The van der Waals surface area contributed by atoms with E-state index in [0.29, 0.717) is 11.7 Å². The number of carbonyl (C=O) groups is 1. The van der Waals surface area contributed by atoms with E-state index in [9.17, 15) is 4.79 Å². The highest BCUT2D eigenvalue weighted by Gasteiger charge is 2.29. The van der Waals surface area contributed by atoms with Crippen LogP contribution in [0.25, 0.3) is 0 Å². The molecule has 2 fully saturated rings. The summed E-state index contributed by atoms with van der Waals surface area (Å²) in [7, 11) is 0. The molecule has 5 heteroatoms. The van der Waals surface area contributed by atoms with Crippen LogP contribution >= 0.6 is 0 Å². The van der Waals surface area contributed by atoms with Gasteiger partial charge in [0.05, 0.1) is 16.9 Å². The molecule has 3 rings (SSSR count). The van der Waals surface area contributed by atoms with Crippen molar-refractivity contribution in [3.8, 4) is 0 Å². The summed E-state index contributed by atoms with van der Waals surface area (Å²) in [5, 5.41) is 8.99. The van der Waals surface area contributed by atoms with Crippen molar-refractivity contribution in [2.75, 3.05) is 36.8 Å². The Hall–Kier alpha value is -1.75. The molecule has 0 aliphatic carbocycles. The van der Waals surface area contributed by atoms with Crippen LogP contribution < -0.4 is 10.6 Å². The highest BCUT2D eigenvalue weighted by atomic mass is 16.4. The van der Waals surface area contributed by atoms with Gasteiger partial charge >= 0.3 is 5.97 Å². The predicted molar refractivity (Wildman–Crippen MR) is 79.2 cm³/mol. The van der Waals surface area contributed by atoms with Gasteiger partial charge in [-0.3, -0.25) is 4.90 Å². The number of hydrogen-bond acceptors (Lipinski definition) is 4. The van der Waals surface area contributed by atoms with Gasteiger partial charge in [0, 0.05) is 25.7 Å². The number of carboxylic acid groups (broad SMARTS) is 1. The minimum Gasteiger partial charge on any atom is -0.478 e. The van der Waals surface area contributed by atoms with Crippen molar-refractivity contribution in [3.05, 3.63) is 23.8 Å². The lowest BCUT2D eigenvalue weighted by Gasteiger charge is -2.45. The Morgan fingerprint density at radius 1 is 1.25 bits per heavy atom. The Morgan fingerprint density at radius 3 is 2.85 bits per heavy atom. The van der Waals surface area contributed by atoms with Crippen molar-refractivity contribution in [1.29, 1.82) is 0 Å². The van der Waals surface area contributed by atoms with E-state index in [1.54, 1.807) is 12.1 Å². The molecule has 0 saturated carbocycles. The lowest BCUT2D eigenvalue weighted by Crippen LogP contribution is -2.55. The largest absolute Gasteiger partial charge is 0.478 e. The van der Waals surface area contributed by atoms with Crippen molar-refractivity contribution in [3.63, 3.8) is 0 Å². The Balaban J connectivity index is 1.78. The molecule has 20 heavy (non-hydrogen) atoms. The van der Waals surface area contributed by atoms with Crippen LogP contribution in [0.3, 0.4) is 0 Å². The molecule has 1 aromatic rings. The zero-order valence-electron chi connectivity index (χ0n) is 11.6. The molecular weight excluding hydrogens is 254 g/mol. The van der Waals surface area contributed by atoms with Gasteiger partial charge in [-0.15, -0.1) is 0 Å². The molecule has 2 saturated heterocycles. The van der Waals surface area contributed by atoms with Gasteiger partial charge in [-0.2, -0.15) is 0 Å². The molecule has 2 heterocycles. The minimum absolute atomic E-state index is 0.252. The number of benzene rings is 1. The average molecular weight is 275 g/mol. The molecule has 1 unspecified atom stereocenters. The predicted octanol–water partition coefficient (Wildman–Crippen LogP) is 1.64. The normalized spacial score (nSPS) is 23.4. The number of nitrogens with two attached hydrogens (primary N) is 1. The molecule has 1 atom stereocenters. The number of carboxylic acids is 1. The molecule has 0 aromatic heterocycles. The van der Waals surface area contributed by atoms with Gasteiger partial charge < -0.3 is 15.7 Å². The van der Waals surface area contributed by atoms with Crippen LogP contribution in [0.4, 0.5) is 11.4 Å². The summed E-state index contributed by atoms with van der Waals surface area (Å²) in [5.41, 5.74) is 7.83. The number of piperazine rings is 1. The second kappa shape index (κ2) is 5.32. The fraction of sp³-hybridized carbons (Fsp3) is 0.533. The van der Waals surface area contributed by atoms with Crippen LogP contribution in [0.15, 0.2) is 18.2 Å². The molecule has 108 valence electrons. The van der Waals surface area contributed by atoms with Crippen molar-refractivity contribution in [2.24, 2.45) is 0 Å². The standard InChI is InChI=1S/C15H21N3O2/c16-13-9-11(15(19)20)4-5-14(13)18-8-7-17-6-2-1-3-12(17)10-18/h4-5,9,12H,1-3,6-8,10,16H2,(H,19,20). The molecule has 0 amide bonds. The second-order valence-corrected chi connectivity index (χ2v) is 5.71. The minimum atomic E-state index is -0.930. The van der Waals surface area contributed by atoms with E-state index in [4.69, 9.17) is 10.8 Å². The number of piperidine rings is 1. The lowest BCUT2D eigenvalue weighted by atomic mass is 9.99. The summed E-state index contributed by atoms with van der Waals surface area (Å²) in [6, 6.07) is 5.67. The third-order valence-corrected chi connectivity index (χ3v) is 4.45. The molecule has 2 aliphatic heterocycles. The van der Waals surface area contributed by atoms with Crippen LogP contribution in [0.5, 0.6) is 0 Å². The summed E-state index contributed by atoms with van der Waals surface area (Å²) < 4.78 is 0. The second-order valence-electron chi connectivity index (χ2n) is 5.71. The van der Waals surface area contributed by atoms with Gasteiger partial charge in [-0.05, 0) is 37.6 Å². The average Bonchev–Trinajstić information content (AvgIpc) is 2.46. The molecule has 0 radical (unpaired) electrons. The number of nitrogens with zero attached hydrogens (tertiary/aromatic N) is 2. The Bertz CT molecular complexity index is 518. The van der Waals surface area contributed by atoms with Gasteiger partial charge in [0.2, 0.25) is 0 Å². The number of anilines is 2. The van der Waals surface area contributed by atoms with E-state index < -0.39 is 5.97 Å².